The molecule has 0 bridgehead atoms. The van der Waals surface area contributed by atoms with Gasteiger partial charge in [-0.3, -0.25) is 0 Å². The average molecular weight is 283 g/mol. The van der Waals surface area contributed by atoms with E-state index in [0.717, 1.165) is 57.8 Å². The maximum atomic E-state index is 6.57. The summed E-state index contributed by atoms with van der Waals surface area (Å²) in [7, 11) is 0. The predicted molar refractivity (Wildman–Crippen MR) is 77.6 cm³/mol. The van der Waals surface area contributed by atoms with Gasteiger partial charge in [0.05, 0.1) is 23.9 Å². The topological polar surface area (TPSA) is 53.7 Å². The third-order valence-corrected chi connectivity index (χ3v) is 5.35. The van der Waals surface area contributed by atoms with Gasteiger partial charge in [0.1, 0.15) is 0 Å². The zero-order chi connectivity index (χ0) is 14.1. The van der Waals surface area contributed by atoms with Crippen molar-refractivity contribution in [3.05, 3.63) is 0 Å². The van der Waals surface area contributed by atoms with Crippen LogP contribution in [-0.4, -0.2) is 43.7 Å². The number of hydrogen-bond acceptors (Lipinski definition) is 4. The Morgan fingerprint density at radius 1 is 1.20 bits per heavy atom. The summed E-state index contributed by atoms with van der Waals surface area (Å²) in [6.45, 7) is 5.33. The molecular formula is C16H29NO3. The molecule has 4 heteroatoms. The average Bonchev–Trinajstić information content (AvgIpc) is 2.87. The van der Waals surface area contributed by atoms with Crippen LogP contribution in [0.3, 0.4) is 0 Å². The van der Waals surface area contributed by atoms with Gasteiger partial charge in [0, 0.05) is 32.6 Å². The van der Waals surface area contributed by atoms with Crippen LogP contribution in [0, 0.1) is 5.92 Å². The minimum Gasteiger partial charge on any atom is -0.378 e. The van der Waals surface area contributed by atoms with Crippen molar-refractivity contribution in [1.29, 1.82) is 0 Å². The molecule has 0 aromatic rings. The Morgan fingerprint density at radius 3 is 2.80 bits per heavy atom. The van der Waals surface area contributed by atoms with E-state index in [9.17, 15) is 0 Å². The van der Waals surface area contributed by atoms with Crippen molar-refractivity contribution >= 4 is 0 Å². The molecule has 4 nitrogen and oxygen atoms in total. The zero-order valence-electron chi connectivity index (χ0n) is 12.7. The quantitative estimate of drug-likeness (QED) is 0.863. The van der Waals surface area contributed by atoms with Crippen molar-refractivity contribution < 1.29 is 14.2 Å². The second kappa shape index (κ2) is 5.91. The lowest BCUT2D eigenvalue weighted by Gasteiger charge is -2.45. The molecular weight excluding hydrogens is 254 g/mol. The zero-order valence-corrected chi connectivity index (χ0v) is 12.7. The van der Waals surface area contributed by atoms with Gasteiger partial charge in [0.25, 0.3) is 0 Å². The van der Waals surface area contributed by atoms with E-state index >= 15 is 0 Å². The first kappa shape index (κ1) is 14.8. The first-order chi connectivity index (χ1) is 9.65. The summed E-state index contributed by atoms with van der Waals surface area (Å²) in [5, 5.41) is 0. The van der Waals surface area contributed by atoms with E-state index in [4.69, 9.17) is 19.9 Å². The van der Waals surface area contributed by atoms with Crippen molar-refractivity contribution in [2.45, 2.75) is 69.2 Å². The summed E-state index contributed by atoms with van der Waals surface area (Å²) < 4.78 is 18.1. The molecule has 1 spiro atoms. The molecule has 4 atom stereocenters. The fraction of sp³-hybridized carbons (Fsp3) is 1.00. The molecule has 0 radical (unpaired) electrons. The first-order valence-corrected chi connectivity index (χ1v) is 8.25. The van der Waals surface area contributed by atoms with Gasteiger partial charge in [-0.1, -0.05) is 19.8 Å². The fourth-order valence-corrected chi connectivity index (χ4v) is 4.25. The first-order valence-electron chi connectivity index (χ1n) is 8.25. The van der Waals surface area contributed by atoms with Gasteiger partial charge in [-0.2, -0.15) is 0 Å². The van der Waals surface area contributed by atoms with E-state index < -0.39 is 0 Å². The van der Waals surface area contributed by atoms with Crippen LogP contribution >= 0.6 is 0 Å². The largest absolute Gasteiger partial charge is 0.378 e. The van der Waals surface area contributed by atoms with Gasteiger partial charge in [-0.25, -0.2) is 0 Å². The number of ether oxygens (including phenoxy) is 3. The highest BCUT2D eigenvalue weighted by Gasteiger charge is 2.44. The Hall–Kier alpha value is -0.160. The minimum atomic E-state index is -0.0830. The standard InChI is InChI=1S/C16H29NO3/c1-13-3-2-5-15(9-13,11-17)20-14-4-7-19-16(10-14)6-8-18-12-16/h13-14H,2-12,17H2,1H3. The van der Waals surface area contributed by atoms with Crippen LogP contribution < -0.4 is 5.73 Å². The van der Waals surface area contributed by atoms with Crippen LogP contribution in [0.25, 0.3) is 0 Å². The van der Waals surface area contributed by atoms with E-state index in [1.165, 1.54) is 12.8 Å². The third kappa shape index (κ3) is 3.03. The molecule has 2 aliphatic heterocycles. The molecule has 1 saturated carbocycles. The molecule has 2 saturated heterocycles. The Bertz CT molecular complexity index is 330. The Balaban J connectivity index is 1.63. The molecule has 3 aliphatic rings. The van der Waals surface area contributed by atoms with Crippen LogP contribution in [-0.2, 0) is 14.2 Å². The summed E-state index contributed by atoms with van der Waals surface area (Å²) in [6, 6.07) is 0. The lowest BCUT2D eigenvalue weighted by Crippen LogP contribution is -2.51. The van der Waals surface area contributed by atoms with E-state index in [2.05, 4.69) is 6.92 Å². The summed E-state index contributed by atoms with van der Waals surface area (Å²) in [4.78, 5) is 0. The maximum Gasteiger partial charge on any atom is 0.0961 e. The molecule has 1 aliphatic carbocycles. The third-order valence-electron chi connectivity index (χ3n) is 5.35. The molecule has 3 rings (SSSR count). The van der Waals surface area contributed by atoms with Crippen LogP contribution in [0.1, 0.15) is 51.9 Å². The van der Waals surface area contributed by atoms with E-state index in [0.29, 0.717) is 12.6 Å². The Morgan fingerprint density at radius 2 is 2.10 bits per heavy atom. The summed E-state index contributed by atoms with van der Waals surface area (Å²) in [5.41, 5.74) is 5.93. The van der Waals surface area contributed by atoms with Crippen LogP contribution in [0.4, 0.5) is 0 Å². The molecule has 116 valence electrons. The van der Waals surface area contributed by atoms with E-state index in [-0.39, 0.29) is 11.2 Å². The molecule has 2 N–H and O–H groups in total. The van der Waals surface area contributed by atoms with Gasteiger partial charge in [-0.15, -0.1) is 0 Å². The van der Waals surface area contributed by atoms with Gasteiger partial charge in [0.15, 0.2) is 0 Å². The van der Waals surface area contributed by atoms with Gasteiger partial charge in [-0.05, 0) is 25.2 Å². The van der Waals surface area contributed by atoms with Gasteiger partial charge >= 0.3 is 0 Å². The fourth-order valence-electron chi connectivity index (χ4n) is 4.25. The molecule has 4 unspecified atom stereocenters. The molecule has 0 amide bonds. The Labute approximate surface area is 122 Å². The minimum absolute atomic E-state index is 0.0704. The van der Waals surface area contributed by atoms with Crippen molar-refractivity contribution in [2.24, 2.45) is 11.7 Å². The van der Waals surface area contributed by atoms with Gasteiger partial charge in [0.2, 0.25) is 0 Å². The van der Waals surface area contributed by atoms with Gasteiger partial charge < -0.3 is 19.9 Å². The number of hydrogen-bond donors (Lipinski definition) is 1. The monoisotopic (exact) mass is 283 g/mol. The highest BCUT2D eigenvalue weighted by Crippen LogP contribution is 2.40. The second-order valence-electron chi connectivity index (χ2n) is 7.16. The summed E-state index contributed by atoms with van der Waals surface area (Å²) >= 11 is 0. The molecule has 20 heavy (non-hydrogen) atoms. The maximum absolute atomic E-state index is 6.57. The molecule has 0 aromatic heterocycles. The van der Waals surface area contributed by atoms with Crippen molar-refractivity contribution in [3.8, 4) is 0 Å². The van der Waals surface area contributed by atoms with Crippen LogP contribution in [0.15, 0.2) is 0 Å². The van der Waals surface area contributed by atoms with Crippen molar-refractivity contribution in [3.63, 3.8) is 0 Å². The highest BCUT2D eigenvalue weighted by molar-refractivity contribution is 4.94. The molecule has 3 fully saturated rings. The highest BCUT2D eigenvalue weighted by atomic mass is 16.6. The predicted octanol–water partition coefficient (Wildman–Crippen LogP) is 2.25. The molecule has 0 aromatic carbocycles. The van der Waals surface area contributed by atoms with Crippen molar-refractivity contribution in [1.82, 2.24) is 0 Å². The van der Waals surface area contributed by atoms with Crippen LogP contribution in [0.2, 0.25) is 0 Å². The summed E-state index contributed by atoms with van der Waals surface area (Å²) in [5.74, 6) is 0.732. The van der Waals surface area contributed by atoms with E-state index in [1.54, 1.807) is 0 Å². The van der Waals surface area contributed by atoms with Crippen LogP contribution in [0.5, 0.6) is 0 Å². The van der Waals surface area contributed by atoms with E-state index in [1.807, 2.05) is 0 Å². The molecule has 2 heterocycles. The smallest absolute Gasteiger partial charge is 0.0961 e. The number of rotatable bonds is 3. The lowest BCUT2D eigenvalue weighted by molar-refractivity contribution is -0.183. The summed E-state index contributed by atoms with van der Waals surface area (Å²) in [6.07, 6.45) is 8.07. The normalized spacial score (nSPS) is 45.9. The van der Waals surface area contributed by atoms with Crippen molar-refractivity contribution in [2.75, 3.05) is 26.4 Å². The SMILES string of the molecule is CC1CCCC(CN)(OC2CCOC3(CCOC3)C2)C1. The second-order valence-corrected chi connectivity index (χ2v) is 7.16. The Kier molecular flexibility index (Phi) is 4.37. The lowest BCUT2D eigenvalue weighted by atomic mass is 9.78. The number of nitrogens with two attached hydrogens (primary N) is 1.